The van der Waals surface area contributed by atoms with Gasteiger partial charge < -0.3 is 28.8 Å². The van der Waals surface area contributed by atoms with Crippen LogP contribution in [0.2, 0.25) is 5.02 Å². The molecule has 0 bridgehead atoms. The minimum absolute atomic E-state index is 0.146. The Labute approximate surface area is 250 Å². The molecule has 10 heteroatoms. The van der Waals surface area contributed by atoms with Gasteiger partial charge in [0, 0.05) is 36.1 Å². The van der Waals surface area contributed by atoms with Crippen LogP contribution in [-0.2, 0) is 22.6 Å². The number of fused-ring (bicyclic) bond motifs is 2. The van der Waals surface area contributed by atoms with Crippen LogP contribution in [-0.4, -0.2) is 59.9 Å². The predicted octanol–water partition coefficient (Wildman–Crippen LogP) is 6.02. The molecule has 0 spiro atoms. The third-order valence-corrected chi connectivity index (χ3v) is 6.83. The molecular weight excluding hydrogens is 556 g/mol. The summed E-state index contributed by atoms with van der Waals surface area (Å²) in [5, 5.41) is 3.48. The van der Waals surface area contributed by atoms with E-state index in [1.165, 1.54) is 0 Å². The van der Waals surface area contributed by atoms with Crippen LogP contribution in [0.3, 0.4) is 0 Å². The van der Waals surface area contributed by atoms with Gasteiger partial charge in [0.1, 0.15) is 12.4 Å². The molecule has 0 aliphatic carbocycles. The van der Waals surface area contributed by atoms with E-state index in [4.69, 9.17) is 30.5 Å². The van der Waals surface area contributed by atoms with Crippen molar-refractivity contribution in [3.05, 3.63) is 95.5 Å². The van der Waals surface area contributed by atoms with Gasteiger partial charge in [0.25, 0.3) is 0 Å². The first-order valence-electron chi connectivity index (χ1n) is 14.1. The van der Waals surface area contributed by atoms with E-state index < -0.39 is 0 Å². The summed E-state index contributed by atoms with van der Waals surface area (Å²) in [7, 11) is 0. The molecular formula is C32H35ClN4O5. The van der Waals surface area contributed by atoms with Crippen LogP contribution < -0.4 is 19.5 Å². The van der Waals surface area contributed by atoms with E-state index in [2.05, 4.69) is 28.2 Å². The molecule has 2 heterocycles. The Kier molecular flexibility index (Phi) is 10.3. The highest BCUT2D eigenvalue weighted by molar-refractivity contribution is 6.31. The molecule has 9 nitrogen and oxygen atoms in total. The molecule has 0 unspecified atom stereocenters. The Morgan fingerprint density at radius 1 is 1.00 bits per heavy atom. The van der Waals surface area contributed by atoms with Crippen LogP contribution in [0.5, 0.6) is 23.0 Å². The van der Waals surface area contributed by atoms with Gasteiger partial charge in [-0.25, -0.2) is 4.98 Å². The van der Waals surface area contributed by atoms with Crippen molar-refractivity contribution in [3.8, 4) is 23.0 Å². The minimum atomic E-state index is -0.192. The molecule has 1 aliphatic heterocycles. The van der Waals surface area contributed by atoms with Crippen molar-refractivity contribution in [3.63, 3.8) is 0 Å². The lowest BCUT2D eigenvalue weighted by atomic mass is 10.1. The van der Waals surface area contributed by atoms with Gasteiger partial charge in [0.15, 0.2) is 17.2 Å². The standard InChI is InChI=1S/C32H35ClN4O5/c1-2-14-40-28-9-7-24(18-25(28)21-37-12-11-34-23-37)20-36-13-15-39-16-17-41-30-5-3-4-6-31(30)42-29-10-8-26(33)19-27(29)35-32(38)22-36/h3-12,18-19,23H,2,13-17,20-22H2,1H3,(H,35,38). The minimum Gasteiger partial charge on any atom is -0.493 e. The van der Waals surface area contributed by atoms with Crippen LogP contribution in [0.1, 0.15) is 24.5 Å². The predicted molar refractivity (Wildman–Crippen MR) is 162 cm³/mol. The van der Waals surface area contributed by atoms with E-state index in [-0.39, 0.29) is 12.5 Å². The first kappa shape index (κ1) is 29.4. The van der Waals surface area contributed by atoms with Gasteiger partial charge in [0.2, 0.25) is 5.91 Å². The van der Waals surface area contributed by atoms with E-state index >= 15 is 0 Å². The van der Waals surface area contributed by atoms with E-state index in [0.29, 0.717) is 74.0 Å². The van der Waals surface area contributed by atoms with Gasteiger partial charge >= 0.3 is 0 Å². The Hall–Kier alpha value is -4.05. The van der Waals surface area contributed by atoms with E-state index in [0.717, 1.165) is 23.3 Å². The lowest BCUT2D eigenvalue weighted by Gasteiger charge is -2.23. The average Bonchev–Trinajstić information content (AvgIpc) is 3.49. The monoisotopic (exact) mass is 590 g/mol. The molecule has 4 aromatic rings. The highest BCUT2D eigenvalue weighted by Gasteiger charge is 2.17. The zero-order chi connectivity index (χ0) is 29.1. The average molecular weight is 591 g/mol. The lowest BCUT2D eigenvalue weighted by Crippen LogP contribution is -2.35. The molecule has 220 valence electrons. The Morgan fingerprint density at radius 3 is 2.71 bits per heavy atom. The molecule has 0 saturated heterocycles. The van der Waals surface area contributed by atoms with Crippen LogP contribution in [0.15, 0.2) is 79.4 Å². The number of nitrogens with one attached hydrogen (secondary N) is 1. The fourth-order valence-electron chi connectivity index (χ4n) is 4.62. The molecule has 42 heavy (non-hydrogen) atoms. The normalized spacial score (nSPS) is 14.8. The Bertz CT molecular complexity index is 1460. The second-order valence-electron chi connectivity index (χ2n) is 9.93. The fraction of sp³-hybridized carbons (Fsp3) is 0.312. The molecule has 5 rings (SSSR count). The molecule has 0 radical (unpaired) electrons. The van der Waals surface area contributed by atoms with Crippen LogP contribution in [0.25, 0.3) is 0 Å². The van der Waals surface area contributed by atoms with Crippen molar-refractivity contribution in [1.29, 1.82) is 0 Å². The molecule has 0 fully saturated rings. The first-order valence-corrected chi connectivity index (χ1v) is 14.4. The van der Waals surface area contributed by atoms with Crippen LogP contribution in [0, 0.1) is 0 Å². The maximum Gasteiger partial charge on any atom is 0.238 e. The number of ether oxygens (including phenoxy) is 4. The summed E-state index contributed by atoms with van der Waals surface area (Å²) in [5.74, 6) is 2.24. The van der Waals surface area contributed by atoms with Gasteiger partial charge in [0.05, 0.1) is 44.9 Å². The van der Waals surface area contributed by atoms with Crippen molar-refractivity contribution in [2.75, 3.05) is 44.8 Å². The van der Waals surface area contributed by atoms with Gasteiger partial charge in [-0.3, -0.25) is 9.69 Å². The van der Waals surface area contributed by atoms with Crippen molar-refractivity contribution >= 4 is 23.2 Å². The van der Waals surface area contributed by atoms with E-state index in [9.17, 15) is 4.79 Å². The summed E-state index contributed by atoms with van der Waals surface area (Å²) in [6, 6.07) is 18.7. The smallest absolute Gasteiger partial charge is 0.238 e. The highest BCUT2D eigenvalue weighted by atomic mass is 35.5. The third kappa shape index (κ3) is 8.25. The number of carbonyl (C=O) groups is 1. The van der Waals surface area contributed by atoms with Crippen molar-refractivity contribution < 1.29 is 23.7 Å². The number of hydrogen-bond donors (Lipinski definition) is 1. The van der Waals surface area contributed by atoms with Crippen molar-refractivity contribution in [2.45, 2.75) is 26.4 Å². The summed E-state index contributed by atoms with van der Waals surface area (Å²) in [6.07, 6.45) is 6.40. The van der Waals surface area contributed by atoms with Crippen molar-refractivity contribution in [1.82, 2.24) is 14.5 Å². The second kappa shape index (κ2) is 14.7. The zero-order valence-electron chi connectivity index (χ0n) is 23.6. The summed E-state index contributed by atoms with van der Waals surface area (Å²) < 4.78 is 26.0. The van der Waals surface area contributed by atoms with E-state index in [1.54, 1.807) is 30.7 Å². The van der Waals surface area contributed by atoms with Crippen molar-refractivity contribution in [2.24, 2.45) is 0 Å². The zero-order valence-corrected chi connectivity index (χ0v) is 24.4. The maximum absolute atomic E-state index is 13.3. The third-order valence-electron chi connectivity index (χ3n) is 6.59. The van der Waals surface area contributed by atoms with Crippen LogP contribution in [0.4, 0.5) is 5.69 Å². The van der Waals surface area contributed by atoms with Gasteiger partial charge in [-0.2, -0.15) is 0 Å². The largest absolute Gasteiger partial charge is 0.493 e. The number of para-hydroxylation sites is 2. The Morgan fingerprint density at radius 2 is 1.88 bits per heavy atom. The summed E-state index contributed by atoms with van der Waals surface area (Å²) in [6.45, 7) is 5.81. The fourth-order valence-corrected chi connectivity index (χ4v) is 4.79. The summed E-state index contributed by atoms with van der Waals surface area (Å²) in [5.41, 5.74) is 2.59. The molecule has 1 amide bonds. The second-order valence-corrected chi connectivity index (χ2v) is 10.4. The quantitative estimate of drug-likeness (QED) is 0.282. The van der Waals surface area contributed by atoms with Crippen LogP contribution >= 0.6 is 11.6 Å². The number of carbonyl (C=O) groups excluding carboxylic acids is 1. The number of anilines is 1. The van der Waals surface area contributed by atoms with Gasteiger partial charge in [-0.15, -0.1) is 0 Å². The number of benzene rings is 3. The topological polar surface area (TPSA) is 87.1 Å². The van der Waals surface area contributed by atoms with Gasteiger partial charge in [-0.1, -0.05) is 36.7 Å². The number of aromatic nitrogens is 2. The summed E-state index contributed by atoms with van der Waals surface area (Å²) in [4.78, 5) is 19.6. The lowest BCUT2D eigenvalue weighted by molar-refractivity contribution is -0.117. The number of nitrogens with zero attached hydrogens (tertiary/aromatic N) is 3. The number of halogens is 1. The highest BCUT2D eigenvalue weighted by Crippen LogP contribution is 2.36. The molecule has 0 atom stereocenters. The molecule has 0 saturated carbocycles. The number of rotatable bonds is 7. The number of hydrogen-bond acceptors (Lipinski definition) is 7. The number of imidazole rings is 1. The maximum atomic E-state index is 13.3. The molecule has 1 N–H and O–H groups in total. The molecule has 1 aliphatic rings. The van der Waals surface area contributed by atoms with E-state index in [1.807, 2.05) is 47.2 Å². The number of amides is 1. The first-order chi connectivity index (χ1) is 20.6. The molecule has 3 aromatic carbocycles. The summed E-state index contributed by atoms with van der Waals surface area (Å²) >= 11 is 6.29. The van der Waals surface area contributed by atoms with Gasteiger partial charge in [-0.05, 0) is 54.4 Å². The SMILES string of the molecule is CCCOc1ccc(CN2CCOCCOc3ccccc3Oc3ccc(Cl)cc3NC(=O)C2)cc1Cn1ccnc1. The molecule has 1 aromatic heterocycles. The Balaban J connectivity index is 1.36.